The quantitative estimate of drug-likeness (QED) is 0.866. The normalized spacial score (nSPS) is 10.6. The molecule has 2 aromatic carbocycles. The van der Waals surface area contributed by atoms with Crippen molar-refractivity contribution >= 4 is 23.2 Å². The predicted octanol–water partition coefficient (Wildman–Crippen LogP) is 4.26. The first-order valence-electron chi connectivity index (χ1n) is 5.05. The standard InChI is InChI=1S/C13H10Cl2FN/c14-10-3-1-2-9(6-10)11-4-8(7-17)5-12(15)13(11)16/h1-6H,7,17H2. The van der Waals surface area contributed by atoms with Crippen LogP contribution in [0.2, 0.25) is 10.0 Å². The van der Waals surface area contributed by atoms with Crippen LogP contribution in [0, 0.1) is 5.82 Å². The number of nitrogens with two attached hydrogens (primary N) is 1. The van der Waals surface area contributed by atoms with Crippen LogP contribution in [0.3, 0.4) is 0 Å². The van der Waals surface area contributed by atoms with E-state index in [-0.39, 0.29) is 5.02 Å². The van der Waals surface area contributed by atoms with Crippen LogP contribution < -0.4 is 5.73 Å². The van der Waals surface area contributed by atoms with Crippen molar-refractivity contribution in [3.63, 3.8) is 0 Å². The number of hydrogen-bond acceptors (Lipinski definition) is 1. The maximum atomic E-state index is 13.9. The molecule has 88 valence electrons. The zero-order valence-electron chi connectivity index (χ0n) is 8.88. The van der Waals surface area contributed by atoms with E-state index >= 15 is 0 Å². The lowest BCUT2D eigenvalue weighted by Gasteiger charge is -2.08. The Kier molecular flexibility index (Phi) is 3.67. The van der Waals surface area contributed by atoms with E-state index in [1.807, 2.05) is 0 Å². The molecule has 0 aromatic heterocycles. The minimum Gasteiger partial charge on any atom is -0.326 e. The maximum Gasteiger partial charge on any atom is 0.149 e. The molecule has 0 atom stereocenters. The average Bonchev–Trinajstić information content (AvgIpc) is 2.32. The number of halogens is 3. The predicted molar refractivity (Wildman–Crippen MR) is 69.7 cm³/mol. The summed E-state index contributed by atoms with van der Waals surface area (Å²) in [7, 11) is 0. The molecule has 0 aliphatic carbocycles. The van der Waals surface area contributed by atoms with E-state index in [1.54, 1.807) is 30.3 Å². The Balaban J connectivity index is 2.62. The molecular formula is C13H10Cl2FN. The summed E-state index contributed by atoms with van der Waals surface area (Å²) in [6, 6.07) is 10.2. The Labute approximate surface area is 109 Å². The monoisotopic (exact) mass is 269 g/mol. The van der Waals surface area contributed by atoms with Gasteiger partial charge in [0.1, 0.15) is 5.82 Å². The first-order chi connectivity index (χ1) is 8.11. The second-order valence-corrected chi connectivity index (χ2v) is 4.50. The summed E-state index contributed by atoms with van der Waals surface area (Å²) in [5.41, 5.74) is 7.43. The highest BCUT2D eigenvalue weighted by Gasteiger charge is 2.11. The summed E-state index contributed by atoms with van der Waals surface area (Å²) >= 11 is 11.7. The molecule has 17 heavy (non-hydrogen) atoms. The molecule has 1 nitrogen and oxygen atoms in total. The zero-order chi connectivity index (χ0) is 12.4. The Bertz CT molecular complexity index is 555. The molecule has 0 bridgehead atoms. The van der Waals surface area contributed by atoms with E-state index in [0.29, 0.717) is 22.7 Å². The van der Waals surface area contributed by atoms with Gasteiger partial charge in [-0.05, 0) is 35.4 Å². The molecule has 0 saturated heterocycles. The Morgan fingerprint density at radius 1 is 1.12 bits per heavy atom. The van der Waals surface area contributed by atoms with Crippen LogP contribution >= 0.6 is 23.2 Å². The van der Waals surface area contributed by atoms with Crippen LogP contribution in [0.4, 0.5) is 4.39 Å². The molecule has 0 fully saturated rings. The van der Waals surface area contributed by atoms with Crippen molar-refractivity contribution in [2.75, 3.05) is 0 Å². The fraction of sp³-hybridized carbons (Fsp3) is 0.0769. The van der Waals surface area contributed by atoms with Gasteiger partial charge in [-0.1, -0.05) is 35.3 Å². The summed E-state index contributed by atoms with van der Waals surface area (Å²) in [5, 5.41) is 0.624. The molecule has 0 spiro atoms. The molecular weight excluding hydrogens is 260 g/mol. The lowest BCUT2D eigenvalue weighted by molar-refractivity contribution is 0.631. The van der Waals surface area contributed by atoms with Crippen molar-refractivity contribution in [1.82, 2.24) is 0 Å². The van der Waals surface area contributed by atoms with Gasteiger partial charge in [0.2, 0.25) is 0 Å². The largest absolute Gasteiger partial charge is 0.326 e. The van der Waals surface area contributed by atoms with Crippen LogP contribution in [0.1, 0.15) is 5.56 Å². The van der Waals surface area contributed by atoms with E-state index in [9.17, 15) is 4.39 Å². The van der Waals surface area contributed by atoms with Crippen molar-refractivity contribution in [1.29, 1.82) is 0 Å². The van der Waals surface area contributed by atoms with Gasteiger partial charge >= 0.3 is 0 Å². The Morgan fingerprint density at radius 2 is 1.88 bits per heavy atom. The van der Waals surface area contributed by atoms with Crippen molar-refractivity contribution in [2.24, 2.45) is 5.73 Å². The summed E-state index contributed by atoms with van der Waals surface area (Å²) in [5.74, 6) is -0.453. The van der Waals surface area contributed by atoms with Crippen molar-refractivity contribution in [3.8, 4) is 11.1 Å². The van der Waals surface area contributed by atoms with Crippen molar-refractivity contribution in [3.05, 3.63) is 57.8 Å². The molecule has 0 aliphatic rings. The van der Waals surface area contributed by atoms with E-state index in [1.165, 1.54) is 6.07 Å². The van der Waals surface area contributed by atoms with E-state index in [4.69, 9.17) is 28.9 Å². The fourth-order valence-corrected chi connectivity index (χ4v) is 2.06. The number of benzene rings is 2. The molecule has 2 aromatic rings. The van der Waals surface area contributed by atoms with Crippen LogP contribution in [0.15, 0.2) is 36.4 Å². The fourth-order valence-electron chi connectivity index (χ4n) is 1.63. The first kappa shape index (κ1) is 12.4. The Morgan fingerprint density at radius 3 is 2.53 bits per heavy atom. The molecule has 0 radical (unpaired) electrons. The smallest absolute Gasteiger partial charge is 0.149 e. The lowest BCUT2D eigenvalue weighted by Crippen LogP contribution is -1.98. The van der Waals surface area contributed by atoms with Gasteiger partial charge < -0.3 is 5.73 Å². The summed E-state index contributed by atoms with van der Waals surface area (Å²) < 4.78 is 13.9. The molecule has 2 N–H and O–H groups in total. The van der Waals surface area contributed by atoms with Gasteiger partial charge in [0.05, 0.1) is 5.02 Å². The molecule has 4 heteroatoms. The topological polar surface area (TPSA) is 26.0 Å². The maximum absolute atomic E-state index is 13.9. The third-order valence-corrected chi connectivity index (χ3v) is 2.97. The second kappa shape index (κ2) is 5.05. The second-order valence-electron chi connectivity index (χ2n) is 3.65. The van der Waals surface area contributed by atoms with E-state index in [0.717, 1.165) is 5.56 Å². The van der Waals surface area contributed by atoms with Crippen LogP contribution in [-0.4, -0.2) is 0 Å². The third-order valence-electron chi connectivity index (χ3n) is 2.46. The van der Waals surface area contributed by atoms with Crippen molar-refractivity contribution < 1.29 is 4.39 Å². The lowest BCUT2D eigenvalue weighted by atomic mass is 10.0. The van der Waals surface area contributed by atoms with Gasteiger partial charge in [-0.3, -0.25) is 0 Å². The van der Waals surface area contributed by atoms with Crippen LogP contribution in [0.5, 0.6) is 0 Å². The molecule has 0 heterocycles. The Hall–Kier alpha value is -1.09. The van der Waals surface area contributed by atoms with Gasteiger partial charge in [-0.2, -0.15) is 0 Å². The van der Waals surface area contributed by atoms with E-state index < -0.39 is 5.82 Å². The summed E-state index contributed by atoms with van der Waals surface area (Å²) in [6.07, 6.45) is 0. The summed E-state index contributed by atoms with van der Waals surface area (Å²) in [6.45, 7) is 0.313. The number of rotatable bonds is 2. The average molecular weight is 270 g/mol. The zero-order valence-corrected chi connectivity index (χ0v) is 10.4. The highest BCUT2D eigenvalue weighted by Crippen LogP contribution is 2.30. The van der Waals surface area contributed by atoms with Gasteiger partial charge in [0.15, 0.2) is 0 Å². The van der Waals surface area contributed by atoms with Crippen molar-refractivity contribution in [2.45, 2.75) is 6.54 Å². The van der Waals surface area contributed by atoms with E-state index in [2.05, 4.69) is 0 Å². The minimum absolute atomic E-state index is 0.0722. The van der Waals surface area contributed by atoms with Gasteiger partial charge in [-0.25, -0.2) is 4.39 Å². The SMILES string of the molecule is NCc1cc(Cl)c(F)c(-c2cccc(Cl)c2)c1. The third kappa shape index (κ3) is 2.60. The van der Waals surface area contributed by atoms with Crippen LogP contribution in [-0.2, 0) is 6.54 Å². The molecule has 0 unspecified atom stereocenters. The van der Waals surface area contributed by atoms with Gasteiger partial charge in [0, 0.05) is 17.1 Å². The van der Waals surface area contributed by atoms with Gasteiger partial charge in [0.25, 0.3) is 0 Å². The minimum atomic E-state index is -0.453. The molecule has 2 rings (SSSR count). The highest BCUT2D eigenvalue weighted by atomic mass is 35.5. The highest BCUT2D eigenvalue weighted by molar-refractivity contribution is 6.31. The molecule has 0 amide bonds. The number of hydrogen-bond donors (Lipinski definition) is 1. The van der Waals surface area contributed by atoms with Gasteiger partial charge in [-0.15, -0.1) is 0 Å². The summed E-state index contributed by atoms with van der Waals surface area (Å²) in [4.78, 5) is 0. The molecule has 0 saturated carbocycles. The van der Waals surface area contributed by atoms with Crippen LogP contribution in [0.25, 0.3) is 11.1 Å². The first-order valence-corrected chi connectivity index (χ1v) is 5.81. The molecule has 0 aliphatic heterocycles.